The lowest BCUT2D eigenvalue weighted by molar-refractivity contribution is -0.385. The molecule has 0 amide bonds. The van der Waals surface area contributed by atoms with Crippen LogP contribution in [0.15, 0.2) is 24.3 Å². The minimum Gasteiger partial charge on any atom is -0.550 e. The van der Waals surface area contributed by atoms with Crippen LogP contribution in [0.4, 0.5) is 5.69 Å². The number of carbonyl (C=O) groups excluding carboxylic acids is 2. The Kier molecular flexibility index (Phi) is 37.7. The number of nitrogens with zero attached hydrogens (tertiary/aromatic N) is 3. The molecule has 0 saturated carbocycles. The van der Waals surface area contributed by atoms with Crippen molar-refractivity contribution in [2.75, 3.05) is 39.3 Å². The summed E-state index contributed by atoms with van der Waals surface area (Å²) in [6, 6.07) is 5.55. The van der Waals surface area contributed by atoms with Gasteiger partial charge >= 0.3 is 55.3 Å². The summed E-state index contributed by atoms with van der Waals surface area (Å²) < 4.78 is 8.88. The number of para-hydroxylation sites is 2. The number of hydrogen-bond acceptors (Lipinski definition) is 18. The van der Waals surface area contributed by atoms with E-state index in [1.165, 1.54) is 24.3 Å². The summed E-state index contributed by atoms with van der Waals surface area (Å²) in [5.74, 6) is -12.6. The Hall–Kier alpha value is -6.44. The zero-order chi connectivity index (χ0) is 46.4. The molecule has 0 aliphatic heterocycles. The SMILES string of the molecule is O=C(O)CCCCC(=O)O.O=C(O)CN(CCN(CC(=O)O)CC(=O)O)CC(=O)O.O=C([O-])CC(O)(CC(=O)[O-])C(=O)O.O=P(O)(O)O.O=[N+]([O-])c1ccccc1O.[NH4+].[NH4+]. The fourth-order valence-corrected chi connectivity index (χ4v) is 3.34. The number of quaternary nitrogens is 2. The second-order valence-corrected chi connectivity index (χ2v) is 11.7. The molecule has 0 aliphatic carbocycles. The number of aliphatic hydroxyl groups is 1. The highest BCUT2D eigenvalue weighted by atomic mass is 31.2. The molecule has 60 heavy (non-hydrogen) atoms. The van der Waals surface area contributed by atoms with Crippen molar-refractivity contribution < 1.29 is 123 Å². The molecule has 0 aliphatic rings. The number of aliphatic carboxylic acids is 9. The van der Waals surface area contributed by atoms with E-state index in [1.807, 2.05) is 0 Å². The maximum Gasteiger partial charge on any atom is 0.466 e. The normalized spacial score (nSPS) is 9.97. The van der Waals surface area contributed by atoms with Crippen molar-refractivity contribution >= 4 is 67.2 Å². The van der Waals surface area contributed by atoms with Crippen LogP contribution < -0.4 is 22.5 Å². The highest BCUT2D eigenvalue weighted by Gasteiger charge is 2.36. The first-order valence-corrected chi connectivity index (χ1v) is 16.7. The molecule has 20 N–H and O–H groups in total. The second-order valence-electron chi connectivity index (χ2n) is 10.7. The summed E-state index contributed by atoms with van der Waals surface area (Å²) in [5.41, 5.74) is -3.12. The van der Waals surface area contributed by atoms with Crippen LogP contribution in [-0.2, 0) is 47.7 Å². The van der Waals surface area contributed by atoms with Gasteiger partial charge in [0.25, 0.3) is 0 Å². The first kappa shape index (κ1) is 65.4. The lowest BCUT2D eigenvalue weighted by Gasteiger charge is -2.23. The van der Waals surface area contributed by atoms with E-state index in [1.54, 1.807) is 0 Å². The maximum absolute atomic E-state index is 10.6. The largest absolute Gasteiger partial charge is 0.550 e. The van der Waals surface area contributed by atoms with E-state index in [0.717, 1.165) is 9.80 Å². The van der Waals surface area contributed by atoms with E-state index in [2.05, 4.69) is 0 Å². The number of phenolic OH excluding ortho intramolecular Hbond substituents is 1. The van der Waals surface area contributed by atoms with E-state index in [4.69, 9.17) is 65.2 Å². The Bertz CT molecular complexity index is 1490. The molecule has 0 atom stereocenters. The van der Waals surface area contributed by atoms with Gasteiger partial charge in [0.1, 0.15) is 0 Å². The summed E-state index contributed by atoms with van der Waals surface area (Å²) in [6.45, 7) is -2.25. The van der Waals surface area contributed by atoms with Crippen LogP contribution in [0.3, 0.4) is 0 Å². The number of hydrogen-bond donors (Lipinski definition) is 14. The minimum absolute atomic E-state index is 0. The van der Waals surface area contributed by atoms with Crippen LogP contribution in [0, 0.1) is 10.1 Å². The van der Waals surface area contributed by atoms with Gasteiger partial charge in [-0.25, -0.2) is 9.36 Å². The predicted molar refractivity (Wildman–Crippen MR) is 190 cm³/mol. The molecule has 0 bridgehead atoms. The maximum atomic E-state index is 10.6. The van der Waals surface area contributed by atoms with Crippen molar-refractivity contribution in [3.63, 3.8) is 0 Å². The van der Waals surface area contributed by atoms with Gasteiger partial charge in [-0.15, -0.1) is 0 Å². The van der Waals surface area contributed by atoms with Gasteiger partial charge in [0.15, 0.2) is 11.4 Å². The molecule has 1 aromatic rings. The molecule has 1 aromatic carbocycles. The number of carboxylic acid groups (broad SMARTS) is 9. The smallest absolute Gasteiger partial charge is 0.466 e. The lowest BCUT2D eigenvalue weighted by Crippen LogP contribution is -2.48. The van der Waals surface area contributed by atoms with Crippen LogP contribution in [-0.4, -0.2) is 174 Å². The number of nitro benzene ring substituents is 1. The summed E-state index contributed by atoms with van der Waals surface area (Å²) in [6.07, 6.45) is -1.57. The van der Waals surface area contributed by atoms with Gasteiger partial charge in [0.05, 0.1) is 31.1 Å². The van der Waals surface area contributed by atoms with E-state index in [-0.39, 0.29) is 49.7 Å². The van der Waals surface area contributed by atoms with Crippen LogP contribution in [0.2, 0.25) is 0 Å². The van der Waals surface area contributed by atoms with Crippen LogP contribution >= 0.6 is 7.82 Å². The number of rotatable bonds is 22. The van der Waals surface area contributed by atoms with Gasteiger partial charge in [-0.05, 0) is 18.9 Å². The average molecular weight is 902 g/mol. The third-order valence-electron chi connectivity index (χ3n) is 5.55. The molecule has 0 aromatic heterocycles. The van der Waals surface area contributed by atoms with E-state index in [9.17, 15) is 63.5 Å². The summed E-state index contributed by atoms with van der Waals surface area (Å²) in [5, 5.41) is 107. The Morgan fingerprint density at radius 3 is 1.08 bits per heavy atom. The number of unbranched alkanes of at least 4 members (excludes halogenated alkanes) is 1. The monoisotopic (exact) mass is 901 g/mol. The molecule has 0 unspecified atom stereocenters. The van der Waals surface area contributed by atoms with Gasteiger partial charge in [0, 0.05) is 56.8 Å². The highest BCUT2D eigenvalue weighted by Crippen LogP contribution is 2.26. The fourth-order valence-electron chi connectivity index (χ4n) is 3.34. The topological polar surface area (TPSA) is 582 Å². The number of carboxylic acids is 9. The van der Waals surface area contributed by atoms with Gasteiger partial charge in [0.2, 0.25) is 0 Å². The molecule has 0 heterocycles. The molecule has 0 saturated heterocycles. The zero-order valence-corrected chi connectivity index (χ0v) is 32.6. The van der Waals surface area contributed by atoms with Crippen molar-refractivity contribution in [1.82, 2.24) is 22.1 Å². The Labute approximate surface area is 336 Å². The average Bonchev–Trinajstić information content (AvgIpc) is 3.00. The molecule has 31 nitrogen and oxygen atoms in total. The summed E-state index contributed by atoms with van der Waals surface area (Å²) in [4.78, 5) is 125. The first-order valence-electron chi connectivity index (χ1n) is 15.1. The standard InChI is InChI=1S/C10H16N2O8.C6H5NO3.C6H8O7.C6H10O4.2H3N.H3O4P/c13-7(14)3-11(4-8(15)16)1-2-12(5-9(17)18)6-10(19)20;8-6-4-2-1-3-5(6)7(9)10;7-3(8)1-6(13,5(11)12)2-4(9)10;7-5(8)3-1-2-4-6(9)10;;;1-5(2,3)4/h1-6H2,(H,13,14)(H,15,16)(H,17,18)(H,19,20);1-4,8H;13H,1-2H2,(H,7,8)(H,9,10)(H,11,12);1-4H2,(H,7,8)(H,9,10);2*1H3;(H3,1,2,3,4). The number of phenols is 1. The van der Waals surface area contributed by atoms with Crippen LogP contribution in [0.5, 0.6) is 5.75 Å². The predicted octanol–water partition coefficient (Wildman–Crippen LogP) is -4.15. The van der Waals surface area contributed by atoms with E-state index < -0.39 is 111 Å². The van der Waals surface area contributed by atoms with Crippen molar-refractivity contribution in [2.24, 2.45) is 0 Å². The van der Waals surface area contributed by atoms with Gasteiger partial charge in [-0.2, -0.15) is 0 Å². The lowest BCUT2D eigenvalue weighted by atomic mass is 9.96. The quantitative estimate of drug-likeness (QED) is 0.0227. The molecule has 0 radical (unpaired) electrons. The first-order chi connectivity index (χ1) is 26.3. The molecule has 346 valence electrons. The second kappa shape index (κ2) is 34.6. The van der Waals surface area contributed by atoms with Crippen molar-refractivity contribution in [2.45, 2.75) is 44.1 Å². The van der Waals surface area contributed by atoms with Gasteiger partial charge in [-0.1, -0.05) is 12.1 Å². The molecular weight excluding hydrogens is 853 g/mol. The number of benzene rings is 1. The Morgan fingerprint density at radius 2 is 0.900 bits per heavy atom. The number of carbonyl (C=O) groups is 9. The van der Waals surface area contributed by atoms with Crippen molar-refractivity contribution in [3.05, 3.63) is 34.4 Å². The highest BCUT2D eigenvalue weighted by molar-refractivity contribution is 7.45. The van der Waals surface area contributed by atoms with Crippen molar-refractivity contribution in [3.8, 4) is 5.75 Å². The third-order valence-corrected chi connectivity index (χ3v) is 5.55. The van der Waals surface area contributed by atoms with Gasteiger partial charge in [-0.3, -0.25) is 48.7 Å². The number of aromatic hydroxyl groups is 1. The third kappa shape index (κ3) is 47.7. The van der Waals surface area contributed by atoms with Crippen LogP contribution in [0.1, 0.15) is 38.5 Å². The Balaban J connectivity index is -0.000000160. The summed E-state index contributed by atoms with van der Waals surface area (Å²) in [7, 11) is -4.64. The van der Waals surface area contributed by atoms with E-state index in [0.29, 0.717) is 12.8 Å². The molecule has 0 spiro atoms. The number of nitro groups is 1. The molecule has 1 rings (SSSR count). The van der Waals surface area contributed by atoms with E-state index >= 15 is 0 Å². The molecular formula is C28H48N5O26P. The summed E-state index contributed by atoms with van der Waals surface area (Å²) >= 11 is 0. The number of phosphoric acid groups is 1. The van der Waals surface area contributed by atoms with Crippen LogP contribution in [0.25, 0.3) is 0 Å². The van der Waals surface area contributed by atoms with Crippen molar-refractivity contribution in [1.29, 1.82) is 0 Å². The molecule has 0 fully saturated rings. The van der Waals surface area contributed by atoms with Gasteiger partial charge < -0.3 is 92.7 Å². The zero-order valence-electron chi connectivity index (χ0n) is 31.7. The minimum atomic E-state index is -4.64. The fraction of sp³-hybridized carbons (Fsp3) is 0.464. The molecule has 32 heteroatoms. The Morgan fingerprint density at radius 1 is 0.617 bits per heavy atom.